The zero-order valence-corrected chi connectivity index (χ0v) is 15.4. The number of nitrogens with zero attached hydrogens (tertiary/aromatic N) is 3. The smallest absolute Gasteiger partial charge is 0.244 e. The van der Waals surface area contributed by atoms with Crippen LogP contribution in [0.2, 0.25) is 0 Å². The van der Waals surface area contributed by atoms with Crippen molar-refractivity contribution in [2.24, 2.45) is 5.92 Å². The van der Waals surface area contributed by atoms with E-state index in [9.17, 15) is 9.59 Å². The first-order valence-electron chi connectivity index (χ1n) is 9.93. The van der Waals surface area contributed by atoms with E-state index in [1.807, 2.05) is 18.2 Å². The van der Waals surface area contributed by atoms with Gasteiger partial charge in [-0.3, -0.25) is 14.3 Å². The molecule has 4 rings (SSSR count). The second-order valence-corrected chi connectivity index (χ2v) is 7.80. The molecule has 1 aromatic heterocycles. The second-order valence-electron chi connectivity index (χ2n) is 7.80. The third-order valence-electron chi connectivity index (χ3n) is 6.06. The van der Waals surface area contributed by atoms with E-state index in [1.54, 1.807) is 10.7 Å². The fourth-order valence-electron chi connectivity index (χ4n) is 4.39. The number of para-hydroxylation sites is 1. The summed E-state index contributed by atoms with van der Waals surface area (Å²) < 4.78 is 1.69. The van der Waals surface area contributed by atoms with E-state index in [0.29, 0.717) is 17.5 Å². The molecular weight excluding hydrogens is 326 g/mol. The van der Waals surface area contributed by atoms with E-state index in [-0.39, 0.29) is 17.9 Å². The Bertz CT molecular complexity index is 848. The minimum absolute atomic E-state index is 0.0961. The predicted octanol–water partition coefficient (Wildman–Crippen LogP) is 3.36. The lowest BCUT2D eigenvalue weighted by Gasteiger charge is -2.37. The molecule has 0 radical (unpaired) electrons. The molecule has 138 valence electrons. The minimum Gasteiger partial charge on any atom is -0.335 e. The van der Waals surface area contributed by atoms with Crippen LogP contribution < -0.4 is 5.43 Å². The summed E-state index contributed by atoms with van der Waals surface area (Å²) in [5.41, 5.74) is 0.639. The van der Waals surface area contributed by atoms with Gasteiger partial charge < -0.3 is 4.90 Å². The molecule has 0 atom stereocenters. The zero-order chi connectivity index (χ0) is 18.1. The lowest BCUT2D eigenvalue weighted by Crippen LogP contribution is -2.45. The maximum atomic E-state index is 13.2. The van der Waals surface area contributed by atoms with E-state index < -0.39 is 0 Å². The van der Waals surface area contributed by atoms with Crippen LogP contribution in [0.3, 0.4) is 0 Å². The molecule has 5 heteroatoms. The second kappa shape index (κ2) is 7.22. The van der Waals surface area contributed by atoms with Gasteiger partial charge in [0.15, 0.2) is 0 Å². The Labute approximate surface area is 154 Å². The Hall–Kier alpha value is -2.17. The highest BCUT2D eigenvalue weighted by Gasteiger charge is 2.38. The van der Waals surface area contributed by atoms with Crippen molar-refractivity contribution in [3.05, 3.63) is 40.7 Å². The van der Waals surface area contributed by atoms with Crippen LogP contribution in [-0.4, -0.2) is 32.7 Å². The number of carbonyl (C=O) groups excluding carboxylic acids is 1. The van der Waals surface area contributed by atoms with Crippen molar-refractivity contribution in [1.29, 1.82) is 0 Å². The summed E-state index contributed by atoms with van der Waals surface area (Å²) in [4.78, 5) is 27.3. The molecule has 0 saturated heterocycles. The van der Waals surface area contributed by atoms with E-state index >= 15 is 0 Å². The van der Waals surface area contributed by atoms with Crippen LogP contribution in [0, 0.1) is 5.92 Å². The molecule has 2 saturated carbocycles. The van der Waals surface area contributed by atoms with Crippen LogP contribution in [0.25, 0.3) is 10.9 Å². The van der Waals surface area contributed by atoms with Crippen molar-refractivity contribution in [3.63, 3.8) is 0 Å². The Kier molecular flexibility index (Phi) is 4.79. The fraction of sp³-hybridized carbons (Fsp3) is 0.571. The number of aromatic nitrogens is 2. The van der Waals surface area contributed by atoms with Crippen LogP contribution in [0.15, 0.2) is 35.3 Å². The molecule has 2 aromatic rings. The van der Waals surface area contributed by atoms with Gasteiger partial charge in [0.2, 0.25) is 11.3 Å². The lowest BCUT2D eigenvalue weighted by molar-refractivity contribution is -0.136. The van der Waals surface area contributed by atoms with Gasteiger partial charge in [-0.25, -0.2) is 0 Å². The number of benzene rings is 1. The van der Waals surface area contributed by atoms with Crippen molar-refractivity contribution in [1.82, 2.24) is 14.7 Å². The molecule has 0 bridgehead atoms. The van der Waals surface area contributed by atoms with Crippen LogP contribution in [-0.2, 0) is 11.3 Å². The van der Waals surface area contributed by atoms with E-state index in [1.165, 1.54) is 25.5 Å². The molecule has 0 spiro atoms. The predicted molar refractivity (Wildman–Crippen MR) is 102 cm³/mol. The molecule has 1 heterocycles. The summed E-state index contributed by atoms with van der Waals surface area (Å²) in [7, 11) is 0. The van der Waals surface area contributed by atoms with Gasteiger partial charge in [-0.15, -0.1) is 0 Å². The van der Waals surface area contributed by atoms with E-state index in [0.717, 1.165) is 37.1 Å². The molecule has 5 nitrogen and oxygen atoms in total. The van der Waals surface area contributed by atoms with Gasteiger partial charge in [-0.1, -0.05) is 25.5 Å². The van der Waals surface area contributed by atoms with Crippen molar-refractivity contribution >= 4 is 16.8 Å². The van der Waals surface area contributed by atoms with Crippen molar-refractivity contribution < 1.29 is 4.79 Å². The van der Waals surface area contributed by atoms with Crippen molar-refractivity contribution in [2.75, 3.05) is 0 Å². The molecule has 2 aliphatic rings. The topological polar surface area (TPSA) is 55.2 Å². The quantitative estimate of drug-likeness (QED) is 0.828. The molecule has 1 aromatic carbocycles. The first kappa shape index (κ1) is 17.3. The van der Waals surface area contributed by atoms with Gasteiger partial charge in [-0.2, -0.15) is 5.10 Å². The standard InChI is InChI=1S/C21H27N3O2/c1-2-15-7-9-16(10-8-15)24(17-11-12-17)21(26)14-23-19-6-4-3-5-18(19)20(25)13-22-23/h3-6,13,15-17H,2,7-12,14H2,1H3. The zero-order valence-electron chi connectivity index (χ0n) is 15.4. The Morgan fingerprint density at radius 2 is 1.77 bits per heavy atom. The normalized spacial score (nSPS) is 23.1. The monoisotopic (exact) mass is 353 g/mol. The first-order valence-corrected chi connectivity index (χ1v) is 9.93. The highest BCUT2D eigenvalue weighted by Crippen LogP contribution is 2.36. The first-order chi connectivity index (χ1) is 12.7. The Morgan fingerprint density at radius 3 is 2.42 bits per heavy atom. The van der Waals surface area contributed by atoms with Gasteiger partial charge in [0.1, 0.15) is 6.54 Å². The number of rotatable bonds is 5. The van der Waals surface area contributed by atoms with Crippen LogP contribution in [0.4, 0.5) is 0 Å². The van der Waals surface area contributed by atoms with Gasteiger partial charge in [-0.05, 0) is 56.6 Å². The van der Waals surface area contributed by atoms with E-state index in [4.69, 9.17) is 0 Å². The van der Waals surface area contributed by atoms with Gasteiger partial charge in [0.05, 0.1) is 11.7 Å². The largest absolute Gasteiger partial charge is 0.335 e. The number of fused-ring (bicyclic) bond motifs is 1. The number of hydrogen-bond acceptors (Lipinski definition) is 3. The Balaban J connectivity index is 1.55. The fourth-order valence-corrected chi connectivity index (χ4v) is 4.39. The molecule has 26 heavy (non-hydrogen) atoms. The molecule has 0 aliphatic heterocycles. The maximum Gasteiger partial charge on any atom is 0.244 e. The highest BCUT2D eigenvalue weighted by molar-refractivity contribution is 5.82. The molecular formula is C21H27N3O2. The minimum atomic E-state index is -0.0961. The summed E-state index contributed by atoms with van der Waals surface area (Å²) in [5, 5.41) is 4.86. The van der Waals surface area contributed by atoms with Crippen LogP contribution in [0.1, 0.15) is 51.9 Å². The molecule has 0 N–H and O–H groups in total. The average Bonchev–Trinajstić information content (AvgIpc) is 3.50. The lowest BCUT2D eigenvalue weighted by atomic mass is 9.84. The average molecular weight is 353 g/mol. The third-order valence-corrected chi connectivity index (χ3v) is 6.06. The summed E-state index contributed by atoms with van der Waals surface area (Å²) in [5.74, 6) is 0.973. The van der Waals surface area contributed by atoms with Crippen LogP contribution >= 0.6 is 0 Å². The molecule has 2 fully saturated rings. The molecule has 0 unspecified atom stereocenters. The van der Waals surface area contributed by atoms with Crippen molar-refractivity contribution in [3.8, 4) is 0 Å². The summed E-state index contributed by atoms with van der Waals surface area (Å²) in [6.07, 6.45) is 9.53. The number of carbonyl (C=O) groups is 1. The molecule has 2 aliphatic carbocycles. The molecule has 1 amide bonds. The van der Waals surface area contributed by atoms with Crippen molar-refractivity contribution in [2.45, 2.75) is 70.5 Å². The third kappa shape index (κ3) is 3.39. The van der Waals surface area contributed by atoms with Gasteiger partial charge >= 0.3 is 0 Å². The summed E-state index contributed by atoms with van der Waals surface area (Å²) in [6, 6.07) is 8.18. The SMILES string of the molecule is CCC1CCC(N(C(=O)Cn2ncc(=O)c3ccccc32)C2CC2)CC1. The van der Waals surface area contributed by atoms with Crippen LogP contribution in [0.5, 0.6) is 0 Å². The van der Waals surface area contributed by atoms with Gasteiger partial charge in [0.25, 0.3) is 0 Å². The number of amides is 1. The summed E-state index contributed by atoms with van der Waals surface area (Å²) in [6.45, 7) is 2.48. The summed E-state index contributed by atoms with van der Waals surface area (Å²) >= 11 is 0. The Morgan fingerprint density at radius 1 is 1.12 bits per heavy atom. The van der Waals surface area contributed by atoms with Gasteiger partial charge in [0, 0.05) is 17.5 Å². The van der Waals surface area contributed by atoms with E-state index in [2.05, 4.69) is 16.9 Å². The maximum absolute atomic E-state index is 13.2. The highest BCUT2D eigenvalue weighted by atomic mass is 16.2. The number of hydrogen-bond donors (Lipinski definition) is 0.